The topological polar surface area (TPSA) is 127 Å². The van der Waals surface area contributed by atoms with Gasteiger partial charge in [-0.05, 0) is 32.4 Å². The van der Waals surface area contributed by atoms with Crippen LogP contribution in [-0.2, 0) is 4.74 Å². The van der Waals surface area contributed by atoms with Crippen LogP contribution >= 0.6 is 0 Å². The maximum absolute atomic E-state index is 13.8. The number of hydrogen-bond acceptors (Lipinski definition) is 9. The molecule has 0 amide bonds. The zero-order valence-corrected chi connectivity index (χ0v) is 17.7. The third-order valence-electron chi connectivity index (χ3n) is 4.50. The molecule has 3 aromatic rings. The largest absolute Gasteiger partial charge is 0.493 e. The Hall–Kier alpha value is -4.02. The van der Waals surface area contributed by atoms with Crippen LogP contribution in [0, 0.1) is 22.9 Å². The maximum atomic E-state index is 13.8. The number of nitrogens with zero attached hydrogens (tertiary/aromatic N) is 3. The van der Waals surface area contributed by atoms with Gasteiger partial charge in [0.15, 0.2) is 17.6 Å². The van der Waals surface area contributed by atoms with Gasteiger partial charge in [0.2, 0.25) is 5.82 Å². The summed E-state index contributed by atoms with van der Waals surface area (Å²) in [4.78, 5) is 27.6. The van der Waals surface area contributed by atoms with Crippen LogP contribution in [0.4, 0.5) is 10.1 Å². The van der Waals surface area contributed by atoms with Gasteiger partial charge >= 0.3 is 5.97 Å². The van der Waals surface area contributed by atoms with Crippen molar-refractivity contribution in [3.8, 4) is 22.9 Å². The fourth-order valence-corrected chi connectivity index (χ4v) is 2.82. The minimum absolute atomic E-state index is 0.0597. The highest BCUT2D eigenvalue weighted by Crippen LogP contribution is 2.36. The summed E-state index contributed by atoms with van der Waals surface area (Å²) < 4.78 is 34.7. The van der Waals surface area contributed by atoms with Crippen molar-refractivity contribution in [3.05, 3.63) is 63.3 Å². The van der Waals surface area contributed by atoms with Gasteiger partial charge in [0.1, 0.15) is 11.4 Å². The number of carbonyl (C=O) groups excluding carboxylic acids is 1. The predicted molar refractivity (Wildman–Crippen MR) is 109 cm³/mol. The van der Waals surface area contributed by atoms with Crippen molar-refractivity contribution in [1.82, 2.24) is 10.1 Å². The number of aryl methyl sites for hydroxylation is 1. The second kappa shape index (κ2) is 9.41. The molecule has 168 valence electrons. The molecule has 2 aromatic carbocycles. The molecule has 3 rings (SSSR count). The Morgan fingerprint density at radius 1 is 1.28 bits per heavy atom. The Morgan fingerprint density at radius 2 is 2.03 bits per heavy atom. The SMILES string of the molecule is CCOc1cc(C(=O)OC(C)c2nc(-c3ccc(C)c(F)c3)no2)c([N+](=O)[O-])cc1OC. The molecule has 0 aliphatic heterocycles. The second-order valence-corrected chi connectivity index (χ2v) is 6.68. The Bertz CT molecular complexity index is 1160. The number of aromatic nitrogens is 2. The number of carbonyl (C=O) groups is 1. The van der Waals surface area contributed by atoms with E-state index in [2.05, 4.69) is 10.1 Å². The van der Waals surface area contributed by atoms with E-state index in [-0.39, 0.29) is 35.4 Å². The molecule has 0 fully saturated rings. The highest BCUT2D eigenvalue weighted by molar-refractivity contribution is 5.95. The number of benzene rings is 2. The zero-order chi connectivity index (χ0) is 23.4. The van der Waals surface area contributed by atoms with Crippen LogP contribution in [0.15, 0.2) is 34.9 Å². The number of nitro benzene ring substituents is 1. The summed E-state index contributed by atoms with van der Waals surface area (Å²) in [7, 11) is 1.33. The van der Waals surface area contributed by atoms with Crippen molar-refractivity contribution in [2.75, 3.05) is 13.7 Å². The molecule has 0 spiro atoms. The van der Waals surface area contributed by atoms with Gasteiger partial charge < -0.3 is 18.7 Å². The highest BCUT2D eigenvalue weighted by atomic mass is 19.1. The second-order valence-electron chi connectivity index (χ2n) is 6.68. The standard InChI is InChI=1S/C21H20FN3O7/c1-5-30-18-9-14(16(25(27)28)10-17(18)29-4)21(26)31-12(3)20-23-19(24-32-20)13-7-6-11(2)15(22)8-13/h6-10,12H,5H2,1-4H3. The summed E-state index contributed by atoms with van der Waals surface area (Å²) in [5.74, 6) is -1.11. The van der Waals surface area contributed by atoms with Gasteiger partial charge in [-0.3, -0.25) is 10.1 Å². The summed E-state index contributed by atoms with van der Waals surface area (Å²) in [6.07, 6.45) is -1.03. The number of esters is 1. The number of hydrogen-bond donors (Lipinski definition) is 0. The fraction of sp³-hybridized carbons (Fsp3) is 0.286. The smallest absolute Gasteiger partial charge is 0.346 e. The number of rotatable bonds is 8. The van der Waals surface area contributed by atoms with Crippen molar-refractivity contribution in [3.63, 3.8) is 0 Å². The third kappa shape index (κ3) is 4.66. The molecule has 1 aromatic heterocycles. The average Bonchev–Trinajstić information content (AvgIpc) is 3.26. The van der Waals surface area contributed by atoms with Crippen LogP contribution in [-0.4, -0.2) is 34.7 Å². The molecular formula is C21H20FN3O7. The fourth-order valence-electron chi connectivity index (χ4n) is 2.82. The molecule has 0 bridgehead atoms. The van der Waals surface area contributed by atoms with Crippen LogP contribution in [0.1, 0.15) is 41.8 Å². The van der Waals surface area contributed by atoms with E-state index in [1.807, 2.05) is 0 Å². The molecule has 0 saturated heterocycles. The number of methoxy groups -OCH3 is 1. The number of ether oxygens (including phenoxy) is 3. The van der Waals surface area contributed by atoms with Gasteiger partial charge in [-0.25, -0.2) is 9.18 Å². The number of nitro groups is 1. The molecule has 0 saturated carbocycles. The number of halogens is 1. The maximum Gasteiger partial charge on any atom is 0.346 e. The van der Waals surface area contributed by atoms with Crippen LogP contribution < -0.4 is 9.47 Å². The minimum Gasteiger partial charge on any atom is -0.493 e. The predicted octanol–water partition coefficient (Wildman–Crippen LogP) is 4.42. The Balaban J connectivity index is 1.85. The Labute approximate surface area is 182 Å². The lowest BCUT2D eigenvalue weighted by atomic mass is 10.1. The molecule has 1 atom stereocenters. The van der Waals surface area contributed by atoms with Crippen LogP contribution in [0.25, 0.3) is 11.4 Å². The first-order valence-electron chi connectivity index (χ1n) is 9.55. The lowest BCUT2D eigenvalue weighted by Gasteiger charge is -2.13. The lowest BCUT2D eigenvalue weighted by molar-refractivity contribution is -0.385. The summed E-state index contributed by atoms with van der Waals surface area (Å²) in [6.45, 7) is 5.05. The van der Waals surface area contributed by atoms with Crippen LogP contribution in [0.2, 0.25) is 0 Å². The van der Waals surface area contributed by atoms with Gasteiger partial charge in [0.05, 0.1) is 24.7 Å². The first kappa shape index (κ1) is 22.7. The normalized spacial score (nSPS) is 11.7. The van der Waals surface area contributed by atoms with Gasteiger partial charge in [-0.2, -0.15) is 4.98 Å². The van der Waals surface area contributed by atoms with Gasteiger partial charge in [-0.15, -0.1) is 0 Å². The monoisotopic (exact) mass is 445 g/mol. The van der Waals surface area contributed by atoms with E-state index in [0.29, 0.717) is 11.1 Å². The van der Waals surface area contributed by atoms with E-state index >= 15 is 0 Å². The van der Waals surface area contributed by atoms with Crippen LogP contribution in [0.5, 0.6) is 11.5 Å². The van der Waals surface area contributed by atoms with E-state index in [0.717, 1.165) is 6.07 Å². The van der Waals surface area contributed by atoms with E-state index < -0.39 is 28.5 Å². The van der Waals surface area contributed by atoms with E-state index in [1.54, 1.807) is 26.0 Å². The Morgan fingerprint density at radius 3 is 2.66 bits per heavy atom. The molecule has 0 aliphatic carbocycles. The Kier molecular flexibility index (Phi) is 6.67. The van der Waals surface area contributed by atoms with Gasteiger partial charge in [-0.1, -0.05) is 17.3 Å². The molecule has 1 heterocycles. The summed E-state index contributed by atoms with van der Waals surface area (Å²) >= 11 is 0. The van der Waals surface area contributed by atoms with Crippen LogP contribution in [0.3, 0.4) is 0 Å². The van der Waals surface area contributed by atoms with Crippen molar-refractivity contribution >= 4 is 11.7 Å². The van der Waals surface area contributed by atoms with Gasteiger partial charge in [0, 0.05) is 11.6 Å². The molecule has 1 unspecified atom stereocenters. The van der Waals surface area contributed by atoms with E-state index in [1.165, 1.54) is 26.2 Å². The zero-order valence-electron chi connectivity index (χ0n) is 17.7. The molecule has 32 heavy (non-hydrogen) atoms. The van der Waals surface area contributed by atoms with Crippen molar-refractivity contribution in [1.29, 1.82) is 0 Å². The molecule has 0 N–H and O–H groups in total. The van der Waals surface area contributed by atoms with E-state index in [4.69, 9.17) is 18.7 Å². The quantitative estimate of drug-likeness (QED) is 0.281. The van der Waals surface area contributed by atoms with Gasteiger partial charge in [0.25, 0.3) is 11.6 Å². The first-order valence-corrected chi connectivity index (χ1v) is 9.55. The summed E-state index contributed by atoms with van der Waals surface area (Å²) in [5, 5.41) is 15.2. The molecule has 0 radical (unpaired) electrons. The summed E-state index contributed by atoms with van der Waals surface area (Å²) in [5.41, 5.74) is 0.0105. The average molecular weight is 445 g/mol. The first-order chi connectivity index (χ1) is 15.2. The van der Waals surface area contributed by atoms with Crippen molar-refractivity contribution in [2.45, 2.75) is 26.9 Å². The molecule has 11 heteroatoms. The highest BCUT2D eigenvalue weighted by Gasteiger charge is 2.28. The van der Waals surface area contributed by atoms with E-state index in [9.17, 15) is 19.3 Å². The summed E-state index contributed by atoms with van der Waals surface area (Å²) in [6, 6.07) is 6.73. The lowest BCUT2D eigenvalue weighted by Crippen LogP contribution is -2.12. The van der Waals surface area contributed by atoms with Crippen molar-refractivity contribution in [2.24, 2.45) is 0 Å². The molecular weight excluding hydrogens is 425 g/mol. The minimum atomic E-state index is -1.03. The molecule has 10 nitrogen and oxygen atoms in total. The van der Waals surface area contributed by atoms with Crippen molar-refractivity contribution < 1.29 is 32.8 Å². The third-order valence-corrected chi connectivity index (χ3v) is 4.50. The molecule has 0 aliphatic rings.